The van der Waals surface area contributed by atoms with Gasteiger partial charge in [-0.05, 0) is 48.6 Å². The molecule has 1 aromatic rings. The molecule has 0 heterocycles. The van der Waals surface area contributed by atoms with Gasteiger partial charge in [0.1, 0.15) is 5.75 Å². The highest BCUT2D eigenvalue weighted by molar-refractivity contribution is 5.72. The number of hydroxylamine groups is 2. The Kier molecular flexibility index (Phi) is 3.76. The third-order valence-corrected chi connectivity index (χ3v) is 3.50. The number of nitrogens with zero attached hydrogens (tertiary/aromatic N) is 1. The second-order valence-electron chi connectivity index (χ2n) is 4.64. The average molecular weight is 262 g/mol. The van der Waals surface area contributed by atoms with Gasteiger partial charge in [0.2, 0.25) is 0 Å². The fourth-order valence-electron chi connectivity index (χ4n) is 2.29. The Morgan fingerprint density at radius 3 is 2.84 bits per heavy atom. The molecule has 2 amide bonds. The minimum atomic E-state index is -0.839. The van der Waals surface area contributed by atoms with E-state index in [1.807, 2.05) is 24.3 Å². The summed E-state index contributed by atoms with van der Waals surface area (Å²) in [5.41, 5.74) is 8.35. The number of aryl methyl sites for hydroxylation is 1. The zero-order valence-corrected chi connectivity index (χ0v) is 11.1. The van der Waals surface area contributed by atoms with Crippen LogP contribution >= 0.6 is 0 Å². The molecule has 102 valence electrons. The predicted molar refractivity (Wildman–Crippen MR) is 72.0 cm³/mol. The molecule has 0 aliphatic heterocycles. The summed E-state index contributed by atoms with van der Waals surface area (Å²) >= 11 is 0. The van der Waals surface area contributed by atoms with Crippen LogP contribution in [0.4, 0.5) is 4.79 Å². The van der Waals surface area contributed by atoms with Gasteiger partial charge in [0.25, 0.3) is 0 Å². The number of primary amides is 1. The molecule has 2 rings (SSSR count). The third kappa shape index (κ3) is 2.71. The lowest BCUT2D eigenvalue weighted by molar-refractivity contribution is -0.0597. The van der Waals surface area contributed by atoms with Crippen molar-refractivity contribution in [2.75, 3.05) is 7.11 Å². The van der Waals surface area contributed by atoms with Crippen LogP contribution in [0.3, 0.4) is 0 Å². The molecule has 19 heavy (non-hydrogen) atoms. The van der Waals surface area contributed by atoms with Crippen LogP contribution < -0.4 is 10.5 Å². The van der Waals surface area contributed by atoms with E-state index in [0.717, 1.165) is 29.7 Å². The van der Waals surface area contributed by atoms with E-state index in [0.29, 0.717) is 5.06 Å². The van der Waals surface area contributed by atoms with E-state index < -0.39 is 12.1 Å². The first kappa shape index (κ1) is 13.4. The van der Waals surface area contributed by atoms with E-state index in [2.05, 4.69) is 0 Å². The Labute approximate surface area is 112 Å². The van der Waals surface area contributed by atoms with Gasteiger partial charge in [-0.15, -0.1) is 0 Å². The summed E-state index contributed by atoms with van der Waals surface area (Å²) in [6.45, 7) is 1.76. The van der Waals surface area contributed by atoms with Crippen LogP contribution in [0.5, 0.6) is 5.75 Å². The van der Waals surface area contributed by atoms with Gasteiger partial charge in [-0.1, -0.05) is 12.1 Å². The molecule has 0 saturated heterocycles. The zero-order chi connectivity index (χ0) is 14.0. The number of hydrogen-bond donors (Lipinski definition) is 2. The maximum Gasteiger partial charge on any atom is 0.339 e. The fourth-order valence-corrected chi connectivity index (χ4v) is 2.29. The van der Waals surface area contributed by atoms with Crippen LogP contribution in [-0.4, -0.2) is 29.5 Å². The number of benzene rings is 1. The van der Waals surface area contributed by atoms with E-state index >= 15 is 0 Å². The second-order valence-corrected chi connectivity index (χ2v) is 4.64. The second kappa shape index (κ2) is 5.32. The van der Waals surface area contributed by atoms with E-state index in [1.165, 1.54) is 5.56 Å². The average Bonchev–Trinajstić information content (AvgIpc) is 2.44. The van der Waals surface area contributed by atoms with E-state index in [4.69, 9.17) is 10.5 Å². The lowest BCUT2D eigenvalue weighted by Crippen LogP contribution is -2.40. The number of carbonyl (C=O) groups excluding carboxylic acids is 1. The molecule has 0 spiro atoms. The van der Waals surface area contributed by atoms with E-state index in [-0.39, 0.29) is 0 Å². The number of hydrogen-bond acceptors (Lipinski definition) is 3. The lowest BCUT2D eigenvalue weighted by atomic mass is 9.89. The van der Waals surface area contributed by atoms with Gasteiger partial charge in [-0.25, -0.2) is 4.79 Å². The lowest BCUT2D eigenvalue weighted by Gasteiger charge is -2.26. The first-order chi connectivity index (χ1) is 9.02. The van der Waals surface area contributed by atoms with Crippen LogP contribution in [0.25, 0.3) is 6.08 Å². The Hall–Kier alpha value is -2.01. The van der Waals surface area contributed by atoms with Gasteiger partial charge in [0.05, 0.1) is 13.2 Å². The maximum absolute atomic E-state index is 11.0. The predicted octanol–water partition coefficient (Wildman–Crippen LogP) is 2.18. The van der Waals surface area contributed by atoms with Crippen LogP contribution in [0.15, 0.2) is 23.8 Å². The molecule has 0 bridgehead atoms. The molecule has 3 N–H and O–H groups in total. The smallest absolute Gasteiger partial charge is 0.339 e. The highest BCUT2D eigenvalue weighted by atomic mass is 16.5. The molecular formula is C14H18N2O3. The Bertz CT molecular complexity index is 525. The van der Waals surface area contributed by atoms with Crippen molar-refractivity contribution in [2.24, 2.45) is 5.73 Å². The SMILES string of the molecule is COc1ccc2c(c1)CCC(C(C)N(O)C(N)=O)=C2. The van der Waals surface area contributed by atoms with Gasteiger partial charge < -0.3 is 10.5 Å². The van der Waals surface area contributed by atoms with Crippen molar-refractivity contribution in [1.82, 2.24) is 5.06 Å². The highest BCUT2D eigenvalue weighted by Gasteiger charge is 2.22. The van der Waals surface area contributed by atoms with Crippen LogP contribution in [-0.2, 0) is 6.42 Å². The minimum Gasteiger partial charge on any atom is -0.497 e. The highest BCUT2D eigenvalue weighted by Crippen LogP contribution is 2.29. The van der Waals surface area contributed by atoms with Crippen molar-refractivity contribution >= 4 is 12.1 Å². The number of ether oxygens (including phenoxy) is 1. The molecule has 5 nitrogen and oxygen atoms in total. The summed E-state index contributed by atoms with van der Waals surface area (Å²) < 4.78 is 5.19. The van der Waals surface area contributed by atoms with E-state index in [9.17, 15) is 10.0 Å². The molecule has 0 saturated carbocycles. The molecular weight excluding hydrogens is 244 g/mol. The summed E-state index contributed by atoms with van der Waals surface area (Å²) in [6, 6.07) is 4.64. The van der Waals surface area contributed by atoms with Crippen LogP contribution in [0.1, 0.15) is 24.5 Å². The molecule has 1 atom stereocenters. The Balaban J connectivity index is 2.26. The molecule has 5 heteroatoms. The quantitative estimate of drug-likeness (QED) is 0.647. The number of urea groups is 1. The summed E-state index contributed by atoms with van der Waals surface area (Å²) in [7, 11) is 1.64. The van der Waals surface area contributed by atoms with Crippen molar-refractivity contribution in [3.63, 3.8) is 0 Å². The van der Waals surface area contributed by atoms with Crippen molar-refractivity contribution in [2.45, 2.75) is 25.8 Å². The van der Waals surface area contributed by atoms with Crippen molar-refractivity contribution < 1.29 is 14.7 Å². The molecule has 1 unspecified atom stereocenters. The van der Waals surface area contributed by atoms with Crippen LogP contribution in [0, 0.1) is 0 Å². The summed E-state index contributed by atoms with van der Waals surface area (Å²) in [5, 5.41) is 10.1. The van der Waals surface area contributed by atoms with E-state index in [1.54, 1.807) is 14.0 Å². The van der Waals surface area contributed by atoms with Gasteiger partial charge in [-0.2, -0.15) is 5.06 Å². The summed E-state index contributed by atoms with van der Waals surface area (Å²) in [5.74, 6) is 0.838. The standard InChI is InChI=1S/C14H18N2O3/c1-9(16(18)14(15)17)10-3-4-12-8-13(19-2)6-5-11(12)7-10/h5-9,18H,3-4H2,1-2H3,(H2,15,17). The normalized spacial score (nSPS) is 15.2. The fraction of sp³-hybridized carbons (Fsp3) is 0.357. The molecule has 0 aromatic heterocycles. The van der Waals surface area contributed by atoms with Crippen LogP contribution in [0.2, 0.25) is 0 Å². The first-order valence-corrected chi connectivity index (χ1v) is 6.18. The molecule has 0 fully saturated rings. The topological polar surface area (TPSA) is 75.8 Å². The maximum atomic E-state index is 11.0. The largest absolute Gasteiger partial charge is 0.497 e. The summed E-state index contributed by atoms with van der Waals surface area (Å²) in [6.07, 6.45) is 3.64. The molecule has 1 aliphatic rings. The Morgan fingerprint density at radius 2 is 2.21 bits per heavy atom. The summed E-state index contributed by atoms with van der Waals surface area (Å²) in [4.78, 5) is 11.0. The molecule has 0 radical (unpaired) electrons. The molecule has 1 aliphatic carbocycles. The van der Waals surface area contributed by atoms with Gasteiger partial charge in [0, 0.05) is 0 Å². The third-order valence-electron chi connectivity index (χ3n) is 3.50. The van der Waals surface area contributed by atoms with Crippen molar-refractivity contribution in [3.8, 4) is 5.75 Å². The van der Waals surface area contributed by atoms with Gasteiger partial charge in [0.15, 0.2) is 0 Å². The zero-order valence-electron chi connectivity index (χ0n) is 11.1. The van der Waals surface area contributed by atoms with Gasteiger partial charge in [-0.3, -0.25) is 5.21 Å². The van der Waals surface area contributed by atoms with Crippen molar-refractivity contribution in [1.29, 1.82) is 0 Å². The number of rotatable bonds is 3. The number of nitrogens with two attached hydrogens (primary N) is 1. The monoisotopic (exact) mass is 262 g/mol. The number of amides is 2. The first-order valence-electron chi connectivity index (χ1n) is 6.18. The number of carbonyl (C=O) groups is 1. The Morgan fingerprint density at radius 1 is 1.47 bits per heavy atom. The minimum absolute atomic E-state index is 0.409. The number of methoxy groups -OCH3 is 1. The molecule has 1 aromatic carbocycles. The van der Waals surface area contributed by atoms with Crippen molar-refractivity contribution in [3.05, 3.63) is 34.9 Å². The number of fused-ring (bicyclic) bond motifs is 1. The van der Waals surface area contributed by atoms with Gasteiger partial charge >= 0.3 is 6.03 Å².